The second kappa shape index (κ2) is 16.5. The topological polar surface area (TPSA) is 80.3 Å². The molecule has 0 aliphatic rings. The van der Waals surface area contributed by atoms with E-state index in [2.05, 4.69) is 91.0 Å². The van der Waals surface area contributed by atoms with Crippen molar-refractivity contribution < 1.29 is 19.8 Å². The van der Waals surface area contributed by atoms with Crippen molar-refractivity contribution in [3.05, 3.63) is 163 Å². The Kier molecular flexibility index (Phi) is 13.0. The number of hydrogen-bond donors (Lipinski definition) is 0. The van der Waals surface area contributed by atoms with Crippen molar-refractivity contribution in [2.45, 2.75) is 14.7 Å². The summed E-state index contributed by atoms with van der Waals surface area (Å²) in [7, 11) is -0.0146. The lowest BCUT2D eigenvalue weighted by Gasteiger charge is -2.07. The van der Waals surface area contributed by atoms with Gasteiger partial charge >= 0.3 is 0 Å². The molecular formula is C32H28O4S2. The normalized spacial score (nSPS) is 9.50. The van der Waals surface area contributed by atoms with Crippen molar-refractivity contribution in [3.8, 4) is 0 Å². The Balaban J connectivity index is 0.000000224. The van der Waals surface area contributed by atoms with Crippen molar-refractivity contribution in [1.29, 1.82) is 0 Å². The molecule has 0 amide bonds. The Hall–Kier alpha value is -4.26. The summed E-state index contributed by atoms with van der Waals surface area (Å²) >= 11 is 0. The van der Waals surface area contributed by atoms with E-state index in [-0.39, 0.29) is 35.5 Å². The minimum atomic E-state index is -1.13. The van der Waals surface area contributed by atoms with E-state index in [0.29, 0.717) is 0 Å². The molecule has 0 heterocycles. The molecule has 0 fully saturated rings. The molecule has 0 unspecified atom stereocenters. The van der Waals surface area contributed by atoms with E-state index in [0.717, 1.165) is 0 Å². The summed E-state index contributed by atoms with van der Waals surface area (Å²) in [6.45, 7) is 0. The van der Waals surface area contributed by atoms with Gasteiger partial charge in [0.05, 0.1) is 22.8 Å². The van der Waals surface area contributed by atoms with Gasteiger partial charge in [0.25, 0.3) is 0 Å². The molecule has 0 atom stereocenters. The average molecular weight is 541 g/mol. The van der Waals surface area contributed by atoms with Crippen molar-refractivity contribution in [2.24, 2.45) is 0 Å². The molecule has 0 radical (unpaired) electrons. The zero-order chi connectivity index (χ0) is 26.3. The third kappa shape index (κ3) is 9.65. The van der Waals surface area contributed by atoms with Crippen LogP contribution in [0.1, 0.15) is 20.7 Å². The Morgan fingerprint density at radius 3 is 0.789 bits per heavy atom. The van der Waals surface area contributed by atoms with Gasteiger partial charge < -0.3 is 19.8 Å². The van der Waals surface area contributed by atoms with Gasteiger partial charge in [0.1, 0.15) is 0 Å². The van der Waals surface area contributed by atoms with Crippen LogP contribution in [0.25, 0.3) is 0 Å². The lowest BCUT2D eigenvalue weighted by atomic mass is 10.2. The fraction of sp³-hybridized carbons (Fsp3) is 0. The number of aromatic carboxylic acids is 2. The lowest BCUT2D eigenvalue weighted by Crippen LogP contribution is -2.21. The molecule has 5 aromatic carbocycles. The van der Waals surface area contributed by atoms with Crippen LogP contribution in [0.5, 0.6) is 0 Å². The number of carboxylic acid groups (broad SMARTS) is 2. The first-order valence-electron chi connectivity index (χ1n) is 11.5. The van der Waals surface area contributed by atoms with E-state index in [1.165, 1.54) is 39.0 Å². The molecule has 5 aromatic rings. The molecule has 0 aliphatic heterocycles. The number of carbonyl (C=O) groups is 2. The van der Waals surface area contributed by atoms with Gasteiger partial charge in [-0.2, -0.15) is 0 Å². The summed E-state index contributed by atoms with van der Waals surface area (Å²) in [4.78, 5) is 24.3. The van der Waals surface area contributed by atoms with Gasteiger partial charge in [-0.15, -0.1) is 0 Å². The van der Waals surface area contributed by atoms with Crippen LogP contribution < -0.4 is 10.2 Å². The first kappa shape index (κ1) is 30.0. The zero-order valence-electron chi connectivity index (χ0n) is 20.6. The maximum Gasteiger partial charge on any atom is 0.166 e. The number of carbonyl (C=O) groups excluding carboxylic acids is 2. The van der Waals surface area contributed by atoms with E-state index in [9.17, 15) is 19.8 Å². The highest BCUT2D eigenvalue weighted by Crippen LogP contribution is 2.30. The molecule has 0 saturated carbocycles. The molecule has 0 saturated heterocycles. The van der Waals surface area contributed by atoms with E-state index in [1.807, 2.05) is 0 Å². The number of rotatable bonds is 5. The quantitative estimate of drug-likeness (QED) is 0.315. The van der Waals surface area contributed by atoms with Crippen LogP contribution >= 0.6 is 0 Å². The Morgan fingerprint density at radius 1 is 0.395 bits per heavy atom. The van der Waals surface area contributed by atoms with Crippen LogP contribution in [-0.2, 0) is 24.4 Å². The van der Waals surface area contributed by atoms with Crippen LogP contribution in [0.4, 0.5) is 0 Å². The van der Waals surface area contributed by atoms with Crippen LogP contribution in [-0.4, -0.2) is 11.9 Å². The predicted molar refractivity (Wildman–Crippen MR) is 155 cm³/mol. The summed E-state index contributed by atoms with van der Waals surface area (Å²) in [5.74, 6) is -2.26. The smallest absolute Gasteiger partial charge is 0.166 e. The molecule has 0 aromatic heterocycles. The molecule has 0 aliphatic carbocycles. The van der Waals surface area contributed by atoms with Gasteiger partial charge in [-0.1, -0.05) is 129 Å². The predicted octanol–water partition coefficient (Wildman–Crippen LogP) is 4.08. The molecule has 38 heavy (non-hydrogen) atoms. The van der Waals surface area contributed by atoms with Crippen molar-refractivity contribution >= 4 is 36.3 Å². The Morgan fingerprint density at radius 2 is 0.605 bits per heavy atom. The van der Waals surface area contributed by atoms with E-state index in [4.69, 9.17) is 0 Å². The first-order valence-corrected chi connectivity index (χ1v) is 12.7. The first-order chi connectivity index (χ1) is 18.1. The summed E-state index contributed by atoms with van der Waals surface area (Å²) in [6, 6.07) is 48.3. The van der Waals surface area contributed by atoms with E-state index in [1.54, 1.807) is 36.4 Å². The second-order valence-corrected chi connectivity index (χ2v) is 9.58. The largest absolute Gasteiger partial charge is 0.545 e. The minimum Gasteiger partial charge on any atom is -0.545 e. The summed E-state index contributed by atoms with van der Waals surface area (Å²) in [6.07, 6.45) is 0. The van der Waals surface area contributed by atoms with E-state index >= 15 is 0 Å². The Labute approximate surface area is 233 Å². The molecule has 5 rings (SSSR count). The molecule has 0 bridgehead atoms. The molecule has 0 N–H and O–H groups in total. The minimum absolute atomic E-state index is 0. The number of hydrogen-bond acceptors (Lipinski definition) is 4. The third-order valence-electron chi connectivity index (χ3n) is 4.96. The highest BCUT2D eigenvalue weighted by molar-refractivity contribution is 7.97. The maximum atomic E-state index is 10.1. The van der Waals surface area contributed by atoms with Crippen LogP contribution in [0.15, 0.2) is 166 Å². The summed E-state index contributed by atoms with van der Waals surface area (Å²) in [5.41, 5.74) is 0.440. The van der Waals surface area contributed by atoms with Crippen LogP contribution in [0.2, 0.25) is 0 Å². The highest BCUT2D eigenvalue weighted by Gasteiger charge is 2.27. The monoisotopic (exact) mass is 540 g/mol. The van der Waals surface area contributed by atoms with Gasteiger partial charge in [-0.05, 0) is 47.5 Å². The van der Waals surface area contributed by atoms with Gasteiger partial charge in [0.2, 0.25) is 0 Å². The average Bonchev–Trinajstić information content (AvgIpc) is 2.97. The summed E-state index contributed by atoms with van der Waals surface area (Å²) in [5, 5.41) is 20.2. The van der Waals surface area contributed by atoms with E-state index < -0.39 is 11.9 Å². The maximum absolute atomic E-state index is 10.1. The molecule has 6 heteroatoms. The fourth-order valence-corrected chi connectivity index (χ4v) is 5.33. The number of benzene rings is 5. The van der Waals surface area contributed by atoms with Gasteiger partial charge in [-0.25, -0.2) is 0 Å². The third-order valence-corrected chi connectivity index (χ3v) is 7.19. The van der Waals surface area contributed by atoms with Crippen molar-refractivity contribution in [2.75, 3.05) is 0 Å². The highest BCUT2D eigenvalue weighted by atomic mass is 32.2. The standard InChI is InChI=1S/C18H15S.2C7H6O2.H2S/c1-4-10-16(11-5-1)19(17-12-6-2-7-13-17)18-14-8-3-9-15-18;2*8-7(9)6-4-2-1-3-5-6;/h1-15H;2*1-5H,(H,8,9);1H2/q+1;;;/p-1. The second-order valence-electron chi connectivity index (χ2n) is 7.55. The molecular weight excluding hydrogens is 512 g/mol. The van der Waals surface area contributed by atoms with Crippen LogP contribution in [0.3, 0.4) is 0 Å². The fourth-order valence-electron chi connectivity index (χ4n) is 3.23. The number of carboxylic acids is 2. The zero-order valence-corrected chi connectivity index (χ0v) is 22.5. The molecule has 192 valence electrons. The van der Waals surface area contributed by atoms with Gasteiger partial charge in [-0.3, -0.25) is 0 Å². The molecule has 4 nitrogen and oxygen atoms in total. The summed E-state index contributed by atoms with van der Waals surface area (Å²) < 4.78 is 0. The van der Waals surface area contributed by atoms with Gasteiger partial charge in [0, 0.05) is 0 Å². The lowest BCUT2D eigenvalue weighted by molar-refractivity contribution is -0.256. The van der Waals surface area contributed by atoms with Gasteiger partial charge in [0.15, 0.2) is 14.7 Å². The Bertz CT molecular complexity index is 1210. The van der Waals surface area contributed by atoms with Crippen molar-refractivity contribution in [1.82, 2.24) is 0 Å². The van der Waals surface area contributed by atoms with Crippen LogP contribution in [0, 0.1) is 0 Å². The van der Waals surface area contributed by atoms with Crippen molar-refractivity contribution in [3.63, 3.8) is 0 Å². The SMILES string of the molecule is O=C([O-])c1ccccc1.O=C([O-])c1ccccc1.[SH3+].c1ccc([S+](c2ccccc2)c2ccccc2)cc1. The molecule has 0 spiro atoms.